The Kier molecular flexibility index (Phi) is 6.48. The highest BCUT2D eigenvalue weighted by molar-refractivity contribution is 14.1. The van der Waals surface area contributed by atoms with Crippen molar-refractivity contribution in [3.63, 3.8) is 0 Å². The fourth-order valence-electron chi connectivity index (χ4n) is 1.82. The zero-order valence-corrected chi connectivity index (χ0v) is 11.4. The Labute approximate surface area is 106 Å². The quantitative estimate of drug-likeness (QED) is 0.325. The second-order valence-electron chi connectivity index (χ2n) is 4.06. The predicted molar refractivity (Wildman–Crippen MR) is 70.5 cm³/mol. The van der Waals surface area contributed by atoms with Crippen molar-refractivity contribution in [1.82, 2.24) is 0 Å². The summed E-state index contributed by atoms with van der Waals surface area (Å²) >= 11 is 2.38. The molecule has 3 heteroatoms. The Bertz CT molecular complexity index is 226. The molecule has 1 saturated heterocycles. The van der Waals surface area contributed by atoms with E-state index in [-0.39, 0.29) is 5.78 Å². The number of carbonyl (C=O) groups excluding carboxylic acids is 1. The van der Waals surface area contributed by atoms with Crippen LogP contribution in [-0.4, -0.2) is 22.4 Å². The average Bonchev–Trinajstić information content (AvgIpc) is 2.65. The third-order valence-corrected chi connectivity index (χ3v) is 3.60. The minimum Gasteiger partial charge on any atom is -0.374 e. The summed E-state index contributed by atoms with van der Waals surface area (Å²) < 4.78 is 6.95. The molecule has 15 heavy (non-hydrogen) atoms. The number of rotatable bonds is 6. The van der Waals surface area contributed by atoms with Gasteiger partial charge in [0.25, 0.3) is 0 Å². The first kappa shape index (κ1) is 13.2. The SMILES string of the molecule is CC(=O)/C=C/CCC[C@@H]1CC[C@H](CI)O1. The molecule has 2 nitrogen and oxygen atoms in total. The van der Waals surface area contributed by atoms with Gasteiger partial charge < -0.3 is 4.74 Å². The summed E-state index contributed by atoms with van der Waals surface area (Å²) in [4.78, 5) is 10.6. The molecule has 0 bridgehead atoms. The van der Waals surface area contributed by atoms with Gasteiger partial charge in [0, 0.05) is 4.43 Å². The van der Waals surface area contributed by atoms with Crippen LogP contribution >= 0.6 is 22.6 Å². The van der Waals surface area contributed by atoms with Gasteiger partial charge in [-0.1, -0.05) is 28.7 Å². The van der Waals surface area contributed by atoms with Gasteiger partial charge in [0.2, 0.25) is 0 Å². The van der Waals surface area contributed by atoms with Gasteiger partial charge in [-0.25, -0.2) is 0 Å². The summed E-state index contributed by atoms with van der Waals surface area (Å²) in [6, 6.07) is 0. The zero-order valence-electron chi connectivity index (χ0n) is 9.25. The lowest BCUT2D eigenvalue weighted by atomic mass is 10.1. The monoisotopic (exact) mass is 322 g/mol. The van der Waals surface area contributed by atoms with Gasteiger partial charge in [-0.3, -0.25) is 4.79 Å². The molecule has 1 fully saturated rings. The summed E-state index contributed by atoms with van der Waals surface area (Å²) in [5, 5.41) is 0. The van der Waals surface area contributed by atoms with Crippen molar-refractivity contribution in [2.75, 3.05) is 4.43 Å². The summed E-state index contributed by atoms with van der Waals surface area (Å²) in [7, 11) is 0. The van der Waals surface area contributed by atoms with Crippen LogP contribution in [0.1, 0.15) is 39.0 Å². The summed E-state index contributed by atoms with van der Waals surface area (Å²) in [5.41, 5.74) is 0. The number of hydrogen-bond donors (Lipinski definition) is 0. The number of halogens is 1. The van der Waals surface area contributed by atoms with Crippen LogP contribution in [-0.2, 0) is 9.53 Å². The number of alkyl halides is 1. The molecule has 0 aromatic carbocycles. The van der Waals surface area contributed by atoms with E-state index in [2.05, 4.69) is 22.6 Å². The molecule has 1 aliphatic rings. The van der Waals surface area contributed by atoms with Crippen molar-refractivity contribution in [3.8, 4) is 0 Å². The average molecular weight is 322 g/mol. The van der Waals surface area contributed by atoms with Gasteiger partial charge in [-0.15, -0.1) is 0 Å². The van der Waals surface area contributed by atoms with E-state index in [1.807, 2.05) is 6.08 Å². The van der Waals surface area contributed by atoms with E-state index in [4.69, 9.17) is 4.74 Å². The molecule has 0 saturated carbocycles. The van der Waals surface area contributed by atoms with Crippen LogP contribution in [0, 0.1) is 0 Å². The lowest BCUT2D eigenvalue weighted by molar-refractivity contribution is -0.112. The Balaban J connectivity index is 2.04. The van der Waals surface area contributed by atoms with Crippen molar-refractivity contribution in [3.05, 3.63) is 12.2 Å². The molecule has 0 aliphatic carbocycles. The van der Waals surface area contributed by atoms with Crippen LogP contribution in [0.25, 0.3) is 0 Å². The number of ketones is 1. The van der Waals surface area contributed by atoms with E-state index in [1.54, 1.807) is 13.0 Å². The highest BCUT2D eigenvalue weighted by Crippen LogP contribution is 2.24. The predicted octanol–water partition coefficient (Wildman–Crippen LogP) is 3.28. The fraction of sp³-hybridized carbons (Fsp3) is 0.750. The van der Waals surface area contributed by atoms with Gasteiger partial charge in [-0.2, -0.15) is 0 Å². The fourth-order valence-corrected chi connectivity index (χ4v) is 2.47. The van der Waals surface area contributed by atoms with Gasteiger partial charge in [-0.05, 0) is 45.1 Å². The topological polar surface area (TPSA) is 26.3 Å². The minimum absolute atomic E-state index is 0.136. The molecule has 2 atom stereocenters. The van der Waals surface area contributed by atoms with Gasteiger partial charge in [0.1, 0.15) is 0 Å². The number of unbranched alkanes of at least 4 members (excludes halogenated alkanes) is 1. The van der Waals surface area contributed by atoms with Crippen LogP contribution in [0.15, 0.2) is 12.2 Å². The Hall–Kier alpha value is 0.1000. The van der Waals surface area contributed by atoms with Crippen LogP contribution in [0.5, 0.6) is 0 Å². The van der Waals surface area contributed by atoms with E-state index in [0.29, 0.717) is 12.2 Å². The normalized spacial score (nSPS) is 26.3. The number of carbonyl (C=O) groups is 1. The van der Waals surface area contributed by atoms with E-state index in [0.717, 1.165) is 23.7 Å². The van der Waals surface area contributed by atoms with Crippen molar-refractivity contribution < 1.29 is 9.53 Å². The molecular weight excluding hydrogens is 303 g/mol. The molecule has 0 N–H and O–H groups in total. The van der Waals surface area contributed by atoms with Crippen LogP contribution in [0.3, 0.4) is 0 Å². The second kappa shape index (κ2) is 7.39. The molecule has 1 heterocycles. The maximum Gasteiger partial charge on any atom is 0.152 e. The summed E-state index contributed by atoms with van der Waals surface area (Å²) in [6.45, 7) is 1.58. The van der Waals surface area contributed by atoms with E-state index < -0.39 is 0 Å². The summed E-state index contributed by atoms with van der Waals surface area (Å²) in [6.07, 6.45) is 10.3. The van der Waals surface area contributed by atoms with Crippen molar-refractivity contribution in [1.29, 1.82) is 0 Å². The molecule has 0 amide bonds. The Morgan fingerprint density at radius 1 is 1.47 bits per heavy atom. The molecule has 1 rings (SSSR count). The van der Waals surface area contributed by atoms with E-state index in [1.165, 1.54) is 12.8 Å². The molecule has 0 spiro atoms. The van der Waals surface area contributed by atoms with Gasteiger partial charge >= 0.3 is 0 Å². The van der Waals surface area contributed by atoms with Crippen LogP contribution < -0.4 is 0 Å². The smallest absolute Gasteiger partial charge is 0.152 e. The number of hydrogen-bond acceptors (Lipinski definition) is 2. The first-order chi connectivity index (χ1) is 7.22. The first-order valence-electron chi connectivity index (χ1n) is 5.61. The second-order valence-corrected chi connectivity index (χ2v) is 4.94. The van der Waals surface area contributed by atoms with Crippen molar-refractivity contribution in [2.45, 2.75) is 51.2 Å². The standard InChI is InChI=1S/C12H19IO2/c1-10(14)5-3-2-4-6-11-7-8-12(9-13)15-11/h3,5,11-12H,2,4,6-9H2,1H3/b5-3+/t11-,12-/m1/s1. The van der Waals surface area contributed by atoms with Crippen molar-refractivity contribution in [2.24, 2.45) is 0 Å². The van der Waals surface area contributed by atoms with Crippen molar-refractivity contribution >= 4 is 28.4 Å². The molecule has 0 radical (unpaired) electrons. The molecule has 0 aromatic heterocycles. The molecular formula is C12H19IO2. The Morgan fingerprint density at radius 3 is 2.80 bits per heavy atom. The number of allylic oxidation sites excluding steroid dienone is 2. The lowest BCUT2D eigenvalue weighted by Crippen LogP contribution is -2.11. The molecule has 1 aliphatic heterocycles. The molecule has 0 unspecified atom stereocenters. The maximum atomic E-state index is 10.6. The highest BCUT2D eigenvalue weighted by atomic mass is 127. The zero-order chi connectivity index (χ0) is 11.1. The molecule has 86 valence electrons. The van der Waals surface area contributed by atoms with Crippen LogP contribution in [0.4, 0.5) is 0 Å². The van der Waals surface area contributed by atoms with Crippen LogP contribution in [0.2, 0.25) is 0 Å². The minimum atomic E-state index is 0.136. The highest BCUT2D eigenvalue weighted by Gasteiger charge is 2.23. The Morgan fingerprint density at radius 2 is 2.20 bits per heavy atom. The summed E-state index contributed by atoms with van der Waals surface area (Å²) in [5.74, 6) is 0.136. The third kappa shape index (κ3) is 5.66. The number of ether oxygens (including phenoxy) is 1. The third-order valence-electron chi connectivity index (χ3n) is 2.62. The first-order valence-corrected chi connectivity index (χ1v) is 7.13. The van der Waals surface area contributed by atoms with E-state index >= 15 is 0 Å². The lowest BCUT2D eigenvalue weighted by Gasteiger charge is -2.10. The molecule has 0 aromatic rings. The largest absolute Gasteiger partial charge is 0.374 e. The van der Waals surface area contributed by atoms with Gasteiger partial charge in [0.15, 0.2) is 5.78 Å². The van der Waals surface area contributed by atoms with E-state index in [9.17, 15) is 4.79 Å². The van der Waals surface area contributed by atoms with Gasteiger partial charge in [0.05, 0.1) is 12.2 Å². The maximum absolute atomic E-state index is 10.6.